The lowest BCUT2D eigenvalue weighted by atomic mass is 9.84. The number of benzene rings is 2. The van der Waals surface area contributed by atoms with E-state index in [4.69, 9.17) is 11.6 Å². The molecule has 0 fully saturated rings. The second-order valence-corrected chi connectivity index (χ2v) is 8.20. The number of amides is 3. The van der Waals surface area contributed by atoms with Crippen LogP contribution >= 0.6 is 11.6 Å². The number of nitrogens with one attached hydrogen (secondary N) is 1. The average Bonchev–Trinajstić information content (AvgIpc) is 2.76. The molecule has 1 aromatic heterocycles. The van der Waals surface area contributed by atoms with Gasteiger partial charge in [-0.2, -0.15) is 4.39 Å². The van der Waals surface area contributed by atoms with E-state index in [9.17, 15) is 18.8 Å². The fourth-order valence-electron chi connectivity index (χ4n) is 3.23. The second kappa shape index (κ2) is 9.70. The number of rotatable bonds is 7. The summed E-state index contributed by atoms with van der Waals surface area (Å²) in [6.07, 6.45) is 0.856. The van der Waals surface area contributed by atoms with Gasteiger partial charge in [-0.05, 0) is 42.3 Å². The molecule has 0 saturated heterocycles. The first-order valence-electron chi connectivity index (χ1n) is 9.77. The molecule has 0 bridgehead atoms. The molecule has 6 nitrogen and oxygen atoms in total. The van der Waals surface area contributed by atoms with Gasteiger partial charge in [0.05, 0.1) is 10.7 Å². The summed E-state index contributed by atoms with van der Waals surface area (Å²) in [5.41, 5.74) is 0.484. The number of imide groups is 1. The van der Waals surface area contributed by atoms with Crippen LogP contribution in [0.5, 0.6) is 0 Å². The van der Waals surface area contributed by atoms with E-state index in [1.54, 1.807) is 13.8 Å². The lowest BCUT2D eigenvalue weighted by Crippen LogP contribution is -2.41. The minimum atomic E-state index is -0.873. The van der Waals surface area contributed by atoms with Crippen LogP contribution in [-0.4, -0.2) is 23.2 Å². The van der Waals surface area contributed by atoms with E-state index in [1.807, 2.05) is 30.3 Å². The van der Waals surface area contributed by atoms with Gasteiger partial charge in [-0.15, -0.1) is 0 Å². The third-order valence-electron chi connectivity index (χ3n) is 4.80. The van der Waals surface area contributed by atoms with E-state index >= 15 is 0 Å². The SMILES string of the molecule is CC(C)(Cc1ccccc1)C(=O)N(C=O)c1ccc(NC(=O)c2cccc(F)n2)cc1Cl. The molecule has 0 spiro atoms. The maximum Gasteiger partial charge on any atom is 0.274 e. The molecule has 1 N–H and O–H groups in total. The number of carbonyl (C=O) groups excluding carboxylic acids is 3. The Morgan fingerprint density at radius 1 is 1.09 bits per heavy atom. The number of carbonyl (C=O) groups is 3. The Kier molecular flexibility index (Phi) is 7.00. The summed E-state index contributed by atoms with van der Waals surface area (Å²) in [4.78, 5) is 41.7. The molecule has 3 rings (SSSR count). The Morgan fingerprint density at radius 2 is 1.81 bits per heavy atom. The molecule has 32 heavy (non-hydrogen) atoms. The molecule has 0 atom stereocenters. The van der Waals surface area contributed by atoms with Crippen molar-refractivity contribution < 1.29 is 18.8 Å². The van der Waals surface area contributed by atoms with Gasteiger partial charge in [-0.1, -0.05) is 61.8 Å². The Hall–Kier alpha value is -3.58. The average molecular weight is 454 g/mol. The minimum absolute atomic E-state index is 0.0889. The van der Waals surface area contributed by atoms with Crippen molar-refractivity contribution >= 4 is 41.2 Å². The first-order chi connectivity index (χ1) is 15.2. The van der Waals surface area contributed by atoms with Gasteiger partial charge >= 0.3 is 0 Å². The molecule has 1 heterocycles. The predicted octanol–water partition coefficient (Wildman–Crippen LogP) is 4.88. The van der Waals surface area contributed by atoms with Crippen LogP contribution in [0.1, 0.15) is 29.9 Å². The van der Waals surface area contributed by atoms with Crippen LogP contribution in [0.4, 0.5) is 15.8 Å². The highest BCUT2D eigenvalue weighted by molar-refractivity contribution is 6.35. The van der Waals surface area contributed by atoms with E-state index in [2.05, 4.69) is 10.3 Å². The first-order valence-corrected chi connectivity index (χ1v) is 10.2. The number of aromatic nitrogens is 1. The van der Waals surface area contributed by atoms with Crippen LogP contribution in [0.15, 0.2) is 66.7 Å². The molecule has 0 aliphatic carbocycles. The molecular formula is C24H21ClFN3O3. The fourth-order valence-corrected chi connectivity index (χ4v) is 3.50. The van der Waals surface area contributed by atoms with Crippen LogP contribution in [0.2, 0.25) is 5.02 Å². The smallest absolute Gasteiger partial charge is 0.274 e. The van der Waals surface area contributed by atoms with Crippen molar-refractivity contribution in [3.8, 4) is 0 Å². The predicted molar refractivity (Wildman–Crippen MR) is 121 cm³/mol. The van der Waals surface area contributed by atoms with E-state index < -0.39 is 23.2 Å². The molecule has 0 aliphatic rings. The number of pyridine rings is 1. The van der Waals surface area contributed by atoms with Crippen molar-refractivity contribution in [2.75, 3.05) is 10.2 Å². The molecule has 164 valence electrons. The largest absolute Gasteiger partial charge is 0.321 e. The van der Waals surface area contributed by atoms with E-state index in [0.29, 0.717) is 18.5 Å². The van der Waals surface area contributed by atoms with Crippen molar-refractivity contribution in [1.29, 1.82) is 0 Å². The highest BCUT2D eigenvalue weighted by Gasteiger charge is 2.34. The summed E-state index contributed by atoms with van der Waals surface area (Å²) in [7, 11) is 0. The Bertz CT molecular complexity index is 1150. The van der Waals surface area contributed by atoms with Gasteiger partial charge in [0.2, 0.25) is 18.3 Å². The summed E-state index contributed by atoms with van der Waals surface area (Å²) >= 11 is 6.33. The van der Waals surface area contributed by atoms with E-state index in [0.717, 1.165) is 16.5 Å². The number of hydrogen-bond acceptors (Lipinski definition) is 4. The third kappa shape index (κ3) is 5.36. The number of nitrogens with zero attached hydrogens (tertiary/aromatic N) is 2. The van der Waals surface area contributed by atoms with Gasteiger partial charge in [0, 0.05) is 11.1 Å². The maximum atomic E-state index is 13.2. The Labute approximate surface area is 190 Å². The normalized spacial score (nSPS) is 11.0. The van der Waals surface area contributed by atoms with Gasteiger partial charge in [0.15, 0.2) is 0 Å². The highest BCUT2D eigenvalue weighted by atomic mass is 35.5. The minimum Gasteiger partial charge on any atom is -0.321 e. The molecule has 3 amide bonds. The van der Waals surface area contributed by atoms with Gasteiger partial charge < -0.3 is 5.32 Å². The molecule has 0 unspecified atom stereocenters. The van der Waals surface area contributed by atoms with Crippen molar-refractivity contribution in [3.05, 3.63) is 89.0 Å². The number of hydrogen-bond donors (Lipinski definition) is 1. The zero-order valence-corrected chi connectivity index (χ0v) is 18.3. The van der Waals surface area contributed by atoms with Gasteiger partial charge in [-0.25, -0.2) is 4.98 Å². The van der Waals surface area contributed by atoms with Crippen LogP contribution in [0, 0.1) is 11.4 Å². The van der Waals surface area contributed by atoms with Crippen molar-refractivity contribution in [1.82, 2.24) is 4.98 Å². The molecule has 8 heteroatoms. The van der Waals surface area contributed by atoms with Gasteiger partial charge in [0.1, 0.15) is 5.69 Å². The lowest BCUT2D eigenvalue weighted by molar-refractivity contribution is -0.128. The molecule has 3 aromatic rings. The zero-order chi connectivity index (χ0) is 23.3. The Morgan fingerprint density at radius 3 is 2.44 bits per heavy atom. The van der Waals surface area contributed by atoms with Gasteiger partial charge in [0.25, 0.3) is 5.91 Å². The zero-order valence-electron chi connectivity index (χ0n) is 17.5. The van der Waals surface area contributed by atoms with E-state index in [1.165, 1.54) is 30.3 Å². The summed E-state index contributed by atoms with van der Waals surface area (Å²) in [6, 6.07) is 17.7. The summed E-state index contributed by atoms with van der Waals surface area (Å²) in [5, 5.41) is 2.65. The highest BCUT2D eigenvalue weighted by Crippen LogP contribution is 2.33. The molecular weight excluding hydrogens is 433 g/mol. The van der Waals surface area contributed by atoms with Crippen LogP contribution < -0.4 is 10.2 Å². The molecule has 0 saturated carbocycles. The van der Waals surface area contributed by atoms with Crippen LogP contribution in [0.3, 0.4) is 0 Å². The molecule has 0 radical (unpaired) electrons. The topological polar surface area (TPSA) is 79.4 Å². The van der Waals surface area contributed by atoms with Crippen molar-refractivity contribution in [2.45, 2.75) is 20.3 Å². The molecule has 2 aromatic carbocycles. The van der Waals surface area contributed by atoms with Gasteiger partial charge in [-0.3, -0.25) is 19.3 Å². The second-order valence-electron chi connectivity index (χ2n) is 7.79. The standard InChI is InChI=1S/C24H21ClFN3O3/c1-24(2,14-16-7-4-3-5-8-16)23(32)29(15-30)20-12-11-17(13-18(20)25)27-22(31)19-9-6-10-21(26)28-19/h3-13,15H,14H2,1-2H3,(H,27,31). The van der Waals surface area contributed by atoms with Crippen LogP contribution in [0.25, 0.3) is 0 Å². The first kappa shape index (κ1) is 23.1. The maximum absolute atomic E-state index is 13.2. The van der Waals surface area contributed by atoms with E-state index in [-0.39, 0.29) is 16.4 Å². The third-order valence-corrected chi connectivity index (χ3v) is 5.11. The van der Waals surface area contributed by atoms with Crippen molar-refractivity contribution in [3.63, 3.8) is 0 Å². The fraction of sp³-hybridized carbons (Fsp3) is 0.167. The summed E-state index contributed by atoms with van der Waals surface area (Å²) < 4.78 is 13.2. The lowest BCUT2D eigenvalue weighted by Gasteiger charge is -2.29. The quantitative estimate of drug-likeness (QED) is 0.408. The Balaban J connectivity index is 1.79. The monoisotopic (exact) mass is 453 g/mol. The summed E-state index contributed by atoms with van der Waals surface area (Å²) in [6.45, 7) is 3.51. The van der Waals surface area contributed by atoms with Crippen LogP contribution in [-0.2, 0) is 16.0 Å². The number of halogens is 2. The number of anilines is 2. The summed E-state index contributed by atoms with van der Waals surface area (Å²) in [5.74, 6) is -1.82. The molecule has 0 aliphatic heterocycles. The van der Waals surface area contributed by atoms with Crippen molar-refractivity contribution in [2.24, 2.45) is 5.41 Å².